The largest absolute Gasteiger partial charge is 0.445 e. The van der Waals surface area contributed by atoms with Crippen LogP contribution in [0.4, 0.5) is 16.2 Å². The van der Waals surface area contributed by atoms with E-state index in [4.69, 9.17) is 9.47 Å². The summed E-state index contributed by atoms with van der Waals surface area (Å²) < 4.78 is 10.7. The van der Waals surface area contributed by atoms with Gasteiger partial charge in [-0.05, 0) is 43.0 Å². The average molecular weight is 424 g/mol. The third-order valence-electron chi connectivity index (χ3n) is 5.83. The summed E-state index contributed by atoms with van der Waals surface area (Å²) in [6, 6.07) is 17.5. The number of amides is 2. The second-order valence-corrected chi connectivity index (χ2v) is 8.05. The number of alkyl carbamates (subject to hydrolysis) is 1. The summed E-state index contributed by atoms with van der Waals surface area (Å²) in [5.74, 6) is -0.118. The fourth-order valence-electron chi connectivity index (χ4n) is 4.13. The minimum atomic E-state index is -0.437. The van der Waals surface area contributed by atoms with Crippen molar-refractivity contribution in [3.05, 3.63) is 60.2 Å². The molecule has 0 radical (unpaired) electrons. The van der Waals surface area contributed by atoms with Crippen molar-refractivity contribution in [1.82, 2.24) is 5.32 Å². The van der Waals surface area contributed by atoms with Crippen LogP contribution in [0, 0.1) is 5.92 Å². The summed E-state index contributed by atoms with van der Waals surface area (Å²) in [5.41, 5.74) is 2.83. The van der Waals surface area contributed by atoms with Crippen LogP contribution >= 0.6 is 0 Å². The van der Waals surface area contributed by atoms with Crippen molar-refractivity contribution in [2.45, 2.75) is 31.9 Å². The molecule has 1 aliphatic heterocycles. The molecule has 1 saturated heterocycles. The lowest BCUT2D eigenvalue weighted by molar-refractivity contribution is -0.119. The fourth-order valence-corrected chi connectivity index (χ4v) is 4.13. The van der Waals surface area contributed by atoms with Crippen LogP contribution in [0.2, 0.25) is 0 Å². The first-order valence-electron chi connectivity index (χ1n) is 10.9. The number of nitrogens with one attached hydrogen (secondary N) is 2. The van der Waals surface area contributed by atoms with Gasteiger partial charge in [0.1, 0.15) is 6.61 Å². The van der Waals surface area contributed by atoms with Gasteiger partial charge in [-0.1, -0.05) is 36.4 Å². The van der Waals surface area contributed by atoms with Gasteiger partial charge in [0, 0.05) is 36.4 Å². The van der Waals surface area contributed by atoms with E-state index in [1.165, 1.54) is 0 Å². The van der Waals surface area contributed by atoms with Gasteiger partial charge in [0.15, 0.2) is 0 Å². The Labute approximate surface area is 182 Å². The Hall–Kier alpha value is -3.06. The zero-order valence-corrected chi connectivity index (χ0v) is 17.6. The predicted molar refractivity (Wildman–Crippen MR) is 119 cm³/mol. The van der Waals surface area contributed by atoms with Crippen LogP contribution in [0.25, 0.3) is 0 Å². The maximum absolute atomic E-state index is 12.8. The van der Waals surface area contributed by atoms with Crippen LogP contribution in [0.1, 0.15) is 24.8 Å². The Bertz CT molecular complexity index is 883. The molecule has 0 bridgehead atoms. The lowest BCUT2D eigenvalue weighted by Gasteiger charge is -2.29. The molecule has 2 amide bonds. The number of rotatable bonds is 6. The molecular formula is C24H29N3O4. The fraction of sp³-hybridized carbons (Fsp3) is 0.417. The van der Waals surface area contributed by atoms with E-state index in [0.29, 0.717) is 6.42 Å². The molecule has 2 aromatic carbocycles. The van der Waals surface area contributed by atoms with Crippen LogP contribution in [0.5, 0.6) is 0 Å². The molecule has 2 fully saturated rings. The first-order chi connectivity index (χ1) is 15.2. The summed E-state index contributed by atoms with van der Waals surface area (Å²) in [4.78, 5) is 27.1. The maximum atomic E-state index is 12.8. The van der Waals surface area contributed by atoms with Gasteiger partial charge in [0.25, 0.3) is 0 Å². The molecule has 7 heteroatoms. The summed E-state index contributed by atoms with van der Waals surface area (Å²) in [7, 11) is 0. The minimum absolute atomic E-state index is 0.00100. The highest BCUT2D eigenvalue weighted by molar-refractivity contribution is 5.93. The Morgan fingerprint density at radius 3 is 2.65 bits per heavy atom. The lowest BCUT2D eigenvalue weighted by atomic mass is 10.1. The van der Waals surface area contributed by atoms with Gasteiger partial charge >= 0.3 is 6.09 Å². The van der Waals surface area contributed by atoms with Crippen molar-refractivity contribution in [3.63, 3.8) is 0 Å². The molecule has 1 saturated carbocycles. The molecule has 31 heavy (non-hydrogen) atoms. The van der Waals surface area contributed by atoms with E-state index in [2.05, 4.69) is 21.6 Å². The van der Waals surface area contributed by atoms with Crippen LogP contribution in [-0.4, -0.2) is 44.3 Å². The quantitative estimate of drug-likeness (QED) is 0.743. The maximum Gasteiger partial charge on any atom is 0.407 e. The van der Waals surface area contributed by atoms with Crippen molar-refractivity contribution in [2.24, 2.45) is 5.92 Å². The van der Waals surface area contributed by atoms with Crippen molar-refractivity contribution in [2.75, 3.05) is 36.5 Å². The molecule has 7 nitrogen and oxygen atoms in total. The van der Waals surface area contributed by atoms with Gasteiger partial charge in [0.2, 0.25) is 5.91 Å². The number of hydrogen-bond donors (Lipinski definition) is 2. The van der Waals surface area contributed by atoms with E-state index in [9.17, 15) is 9.59 Å². The van der Waals surface area contributed by atoms with E-state index in [1.807, 2.05) is 48.5 Å². The molecule has 0 spiro atoms. The van der Waals surface area contributed by atoms with Crippen LogP contribution < -0.4 is 15.5 Å². The Balaban J connectivity index is 1.23. The number of anilines is 2. The zero-order chi connectivity index (χ0) is 21.5. The van der Waals surface area contributed by atoms with E-state index >= 15 is 0 Å². The third-order valence-corrected chi connectivity index (χ3v) is 5.83. The van der Waals surface area contributed by atoms with Crippen LogP contribution in [0.3, 0.4) is 0 Å². The minimum Gasteiger partial charge on any atom is -0.445 e. The summed E-state index contributed by atoms with van der Waals surface area (Å²) >= 11 is 0. The van der Waals surface area contributed by atoms with E-state index in [0.717, 1.165) is 56.1 Å². The average Bonchev–Trinajstić information content (AvgIpc) is 3.28. The van der Waals surface area contributed by atoms with Crippen molar-refractivity contribution >= 4 is 23.4 Å². The van der Waals surface area contributed by atoms with E-state index < -0.39 is 6.09 Å². The predicted octanol–water partition coefficient (Wildman–Crippen LogP) is 3.56. The number of carbonyl (C=O) groups excluding carboxylic acids is 2. The molecular weight excluding hydrogens is 394 g/mol. The normalized spacial score (nSPS) is 20.8. The Morgan fingerprint density at radius 1 is 1.03 bits per heavy atom. The van der Waals surface area contributed by atoms with Gasteiger partial charge in [-0.15, -0.1) is 0 Å². The van der Waals surface area contributed by atoms with E-state index in [1.54, 1.807) is 0 Å². The molecule has 2 N–H and O–H groups in total. The lowest BCUT2D eigenvalue weighted by Crippen LogP contribution is -2.36. The highest BCUT2D eigenvalue weighted by Crippen LogP contribution is 2.28. The molecule has 164 valence electrons. The van der Waals surface area contributed by atoms with Crippen molar-refractivity contribution in [1.29, 1.82) is 0 Å². The van der Waals surface area contributed by atoms with Gasteiger partial charge < -0.3 is 25.0 Å². The molecule has 2 unspecified atom stereocenters. The number of carbonyl (C=O) groups is 2. The van der Waals surface area contributed by atoms with Crippen LogP contribution in [-0.2, 0) is 20.9 Å². The highest BCUT2D eigenvalue weighted by Gasteiger charge is 2.31. The molecule has 4 rings (SSSR count). The highest BCUT2D eigenvalue weighted by atomic mass is 16.5. The van der Waals surface area contributed by atoms with Crippen molar-refractivity contribution < 1.29 is 19.1 Å². The first-order valence-corrected chi connectivity index (χ1v) is 10.9. The van der Waals surface area contributed by atoms with Crippen molar-refractivity contribution in [3.8, 4) is 0 Å². The standard InChI is InChI=1S/C24H29N3O4/c28-23(25-20-7-4-8-22(16-20)27-11-13-30-14-12-27)19-9-10-21(15-19)26-24(29)31-17-18-5-2-1-3-6-18/h1-8,16,19,21H,9-15,17H2,(H,25,28)(H,26,29). The number of hydrogen-bond acceptors (Lipinski definition) is 5. The van der Waals surface area contributed by atoms with Gasteiger partial charge in [-0.25, -0.2) is 4.79 Å². The first kappa shape index (κ1) is 21.2. The van der Waals surface area contributed by atoms with Gasteiger partial charge in [0.05, 0.1) is 13.2 Å². The molecule has 1 aliphatic carbocycles. The number of nitrogens with zero attached hydrogens (tertiary/aromatic N) is 1. The molecule has 2 aromatic rings. The topological polar surface area (TPSA) is 79.9 Å². The molecule has 0 aromatic heterocycles. The molecule has 2 aliphatic rings. The van der Waals surface area contributed by atoms with Gasteiger partial charge in [-0.3, -0.25) is 4.79 Å². The van der Waals surface area contributed by atoms with E-state index in [-0.39, 0.29) is 24.5 Å². The number of benzene rings is 2. The second kappa shape index (κ2) is 10.3. The molecule has 1 heterocycles. The smallest absolute Gasteiger partial charge is 0.407 e. The molecule has 2 atom stereocenters. The Kier molecular flexibility index (Phi) is 7.04. The van der Waals surface area contributed by atoms with Gasteiger partial charge in [-0.2, -0.15) is 0 Å². The monoisotopic (exact) mass is 423 g/mol. The summed E-state index contributed by atoms with van der Waals surface area (Å²) in [6.45, 7) is 3.39. The zero-order valence-electron chi connectivity index (χ0n) is 17.6. The second-order valence-electron chi connectivity index (χ2n) is 8.05. The summed E-state index contributed by atoms with van der Waals surface area (Å²) in [6.07, 6.45) is 1.70. The Morgan fingerprint density at radius 2 is 1.84 bits per heavy atom. The third kappa shape index (κ3) is 5.98. The number of morpholine rings is 1. The number of ether oxygens (including phenoxy) is 2. The SMILES string of the molecule is O=C(NC1CCC(C(=O)Nc2cccc(N3CCOCC3)c2)C1)OCc1ccccc1. The van der Waals surface area contributed by atoms with Crippen LogP contribution in [0.15, 0.2) is 54.6 Å². The summed E-state index contributed by atoms with van der Waals surface area (Å²) in [5, 5.41) is 5.93.